The first-order chi connectivity index (χ1) is 13.2. The Balaban J connectivity index is 0.00000192. The molecule has 3 saturated heterocycles. The van der Waals surface area contributed by atoms with Gasteiger partial charge >= 0.3 is 0 Å². The van der Waals surface area contributed by atoms with Crippen molar-refractivity contribution >= 4 is 29.4 Å². The summed E-state index contributed by atoms with van der Waals surface area (Å²) in [7, 11) is 0. The van der Waals surface area contributed by atoms with Crippen molar-refractivity contribution in [3.8, 4) is 17.2 Å². The highest BCUT2D eigenvalue weighted by molar-refractivity contribution is 6.05. The predicted molar refractivity (Wildman–Crippen MR) is 109 cm³/mol. The van der Waals surface area contributed by atoms with Crippen molar-refractivity contribution in [3.05, 3.63) is 48.0 Å². The van der Waals surface area contributed by atoms with Crippen LogP contribution in [0, 0.1) is 5.92 Å². The van der Waals surface area contributed by atoms with Crippen molar-refractivity contribution < 1.29 is 14.3 Å². The second-order valence-corrected chi connectivity index (χ2v) is 7.41. The third kappa shape index (κ3) is 3.23. The van der Waals surface area contributed by atoms with E-state index in [2.05, 4.69) is 15.2 Å². The van der Waals surface area contributed by atoms with Gasteiger partial charge < -0.3 is 19.7 Å². The molecule has 1 atom stereocenters. The summed E-state index contributed by atoms with van der Waals surface area (Å²) in [6.45, 7) is 3.20. The molecule has 0 saturated carbocycles. The number of aromatic nitrogens is 1. The molecular weight excluding hydrogens is 378 g/mol. The van der Waals surface area contributed by atoms with E-state index < -0.39 is 0 Å². The number of halogens is 1. The summed E-state index contributed by atoms with van der Waals surface area (Å²) < 4.78 is 5.81. The first-order valence-electron chi connectivity index (χ1n) is 9.40. The number of amides is 1. The van der Waals surface area contributed by atoms with Gasteiger partial charge in [0.05, 0.1) is 11.1 Å². The third-order valence-electron chi connectivity index (χ3n) is 5.77. The van der Waals surface area contributed by atoms with E-state index in [-0.39, 0.29) is 30.1 Å². The van der Waals surface area contributed by atoms with Gasteiger partial charge in [0.25, 0.3) is 5.91 Å². The molecule has 2 aromatic carbocycles. The maximum Gasteiger partial charge on any atom is 0.253 e. The Morgan fingerprint density at radius 1 is 1.14 bits per heavy atom. The molecule has 4 heterocycles. The zero-order valence-corrected chi connectivity index (χ0v) is 16.1. The van der Waals surface area contributed by atoms with Crippen LogP contribution in [-0.2, 0) is 0 Å². The van der Waals surface area contributed by atoms with E-state index >= 15 is 0 Å². The lowest BCUT2D eigenvalue weighted by Crippen LogP contribution is -2.57. The normalized spacial score (nSPS) is 23.4. The molecule has 6 nitrogen and oxygen atoms in total. The molecule has 3 aromatic rings. The van der Waals surface area contributed by atoms with Crippen LogP contribution < -0.4 is 5.32 Å². The summed E-state index contributed by atoms with van der Waals surface area (Å²) in [5.41, 5.74) is 2.08. The number of fused-ring (bicyclic) bond motifs is 4. The Labute approximate surface area is 169 Å². The molecule has 3 aliphatic rings. The van der Waals surface area contributed by atoms with Crippen molar-refractivity contribution in [1.82, 2.24) is 15.2 Å². The summed E-state index contributed by atoms with van der Waals surface area (Å²) in [5.74, 6) is 0.859. The van der Waals surface area contributed by atoms with Gasteiger partial charge in [0.1, 0.15) is 11.3 Å². The second-order valence-electron chi connectivity index (χ2n) is 7.41. The van der Waals surface area contributed by atoms with E-state index in [4.69, 9.17) is 4.42 Å². The minimum Gasteiger partial charge on any atom is -0.507 e. The molecule has 1 aromatic heterocycles. The van der Waals surface area contributed by atoms with Gasteiger partial charge in [0, 0.05) is 12.6 Å². The summed E-state index contributed by atoms with van der Waals surface area (Å²) in [5, 5.41) is 13.3. The number of phenolic OH excluding ortho intramolecular Hbond substituents is 1. The largest absolute Gasteiger partial charge is 0.507 e. The van der Waals surface area contributed by atoms with Crippen LogP contribution in [0.5, 0.6) is 5.75 Å². The van der Waals surface area contributed by atoms with Crippen LogP contribution in [0.15, 0.2) is 46.9 Å². The number of benzene rings is 2. The monoisotopic (exact) mass is 399 g/mol. The number of phenols is 1. The molecular formula is C21H22ClN3O3. The lowest BCUT2D eigenvalue weighted by Gasteiger charge is -2.44. The van der Waals surface area contributed by atoms with Crippen molar-refractivity contribution in [2.75, 3.05) is 19.6 Å². The van der Waals surface area contributed by atoms with Gasteiger partial charge in [-0.1, -0.05) is 18.2 Å². The summed E-state index contributed by atoms with van der Waals surface area (Å²) in [4.78, 5) is 19.9. The van der Waals surface area contributed by atoms with Crippen LogP contribution in [0.4, 0.5) is 0 Å². The third-order valence-corrected chi connectivity index (χ3v) is 5.77. The maximum atomic E-state index is 13.0. The second kappa shape index (κ2) is 7.45. The predicted octanol–water partition coefficient (Wildman–Crippen LogP) is 3.45. The molecule has 0 spiro atoms. The number of aromatic hydroxyl groups is 1. The van der Waals surface area contributed by atoms with Crippen LogP contribution in [0.25, 0.3) is 22.6 Å². The smallest absolute Gasteiger partial charge is 0.253 e. The number of carbonyl (C=O) groups excluding carboxylic acids is 1. The average molecular weight is 400 g/mol. The molecule has 28 heavy (non-hydrogen) atoms. The molecule has 3 fully saturated rings. The topological polar surface area (TPSA) is 78.6 Å². The number of piperidine rings is 3. The highest BCUT2D eigenvalue weighted by Crippen LogP contribution is 2.32. The summed E-state index contributed by atoms with van der Waals surface area (Å²) in [6, 6.07) is 12.4. The van der Waals surface area contributed by atoms with Crippen LogP contribution in [-0.4, -0.2) is 46.6 Å². The van der Waals surface area contributed by atoms with Gasteiger partial charge in [-0.05, 0) is 56.1 Å². The molecule has 1 amide bonds. The van der Waals surface area contributed by atoms with Crippen molar-refractivity contribution in [2.45, 2.75) is 18.9 Å². The highest BCUT2D eigenvalue weighted by atomic mass is 35.5. The Bertz CT molecular complexity index is 1010. The van der Waals surface area contributed by atoms with E-state index in [1.807, 2.05) is 6.07 Å². The van der Waals surface area contributed by atoms with Crippen molar-refractivity contribution in [3.63, 3.8) is 0 Å². The van der Waals surface area contributed by atoms with Gasteiger partial charge in [0.15, 0.2) is 5.58 Å². The SMILES string of the molecule is Cl.O=C(NC1CN2CCC1CC2)c1cccc2oc(-c3ccccc3O)nc12. The molecule has 0 aliphatic carbocycles. The maximum absolute atomic E-state index is 13.0. The fourth-order valence-electron chi connectivity index (χ4n) is 4.28. The number of carbonyl (C=O) groups is 1. The van der Waals surface area contributed by atoms with E-state index in [0.29, 0.717) is 34.0 Å². The van der Waals surface area contributed by atoms with E-state index in [0.717, 1.165) is 32.5 Å². The van der Waals surface area contributed by atoms with Crippen molar-refractivity contribution in [2.24, 2.45) is 5.92 Å². The van der Waals surface area contributed by atoms with Crippen LogP contribution >= 0.6 is 12.4 Å². The number of hydrogen-bond acceptors (Lipinski definition) is 5. The first kappa shape index (κ1) is 18.8. The lowest BCUT2D eigenvalue weighted by molar-refractivity contribution is 0.0621. The van der Waals surface area contributed by atoms with Crippen LogP contribution in [0.3, 0.4) is 0 Å². The van der Waals surface area contributed by atoms with Crippen LogP contribution in [0.1, 0.15) is 23.2 Å². The minimum atomic E-state index is -0.114. The van der Waals surface area contributed by atoms with Crippen LogP contribution in [0.2, 0.25) is 0 Å². The number of nitrogens with one attached hydrogen (secondary N) is 1. The Morgan fingerprint density at radius 3 is 2.64 bits per heavy atom. The van der Waals surface area contributed by atoms with E-state index in [1.165, 1.54) is 0 Å². The molecule has 2 N–H and O–H groups in total. The number of hydrogen-bond donors (Lipinski definition) is 2. The van der Waals surface area contributed by atoms with Gasteiger partial charge in [-0.15, -0.1) is 12.4 Å². The van der Waals surface area contributed by atoms with Gasteiger partial charge in [-0.3, -0.25) is 4.79 Å². The van der Waals surface area contributed by atoms with Gasteiger partial charge in [0.2, 0.25) is 5.89 Å². The molecule has 2 bridgehead atoms. The van der Waals surface area contributed by atoms with E-state index in [9.17, 15) is 9.90 Å². The van der Waals surface area contributed by atoms with Gasteiger partial charge in [-0.25, -0.2) is 4.98 Å². The van der Waals surface area contributed by atoms with Gasteiger partial charge in [-0.2, -0.15) is 0 Å². The number of nitrogens with zero attached hydrogens (tertiary/aromatic N) is 2. The fourth-order valence-corrected chi connectivity index (χ4v) is 4.28. The molecule has 1 unspecified atom stereocenters. The minimum absolute atomic E-state index is 0. The zero-order valence-electron chi connectivity index (χ0n) is 15.3. The van der Waals surface area contributed by atoms with Crippen molar-refractivity contribution in [1.29, 1.82) is 0 Å². The summed E-state index contributed by atoms with van der Waals surface area (Å²) in [6.07, 6.45) is 2.30. The molecule has 7 heteroatoms. The standard InChI is InChI=1S/C21H21N3O3.ClH/c25-17-6-2-1-4-14(17)21-23-19-15(5-3-7-18(19)27-21)20(26)22-16-12-24-10-8-13(16)9-11-24;/h1-7,13,16,25H,8-12H2,(H,22,26);1H. The highest BCUT2D eigenvalue weighted by Gasteiger charge is 2.35. The van der Waals surface area contributed by atoms with E-state index in [1.54, 1.807) is 36.4 Å². The number of para-hydroxylation sites is 2. The number of rotatable bonds is 3. The average Bonchev–Trinajstić information content (AvgIpc) is 3.13. The quantitative estimate of drug-likeness (QED) is 0.705. The Hall–Kier alpha value is -2.57. The Kier molecular flexibility index (Phi) is 5.00. The molecule has 6 rings (SSSR count). The number of oxazole rings is 1. The molecule has 3 aliphatic heterocycles. The molecule has 146 valence electrons. The molecule has 0 radical (unpaired) electrons. The Morgan fingerprint density at radius 2 is 1.93 bits per heavy atom. The fraction of sp³-hybridized carbons (Fsp3) is 0.333. The first-order valence-corrected chi connectivity index (χ1v) is 9.40. The zero-order chi connectivity index (χ0) is 18.4. The lowest BCUT2D eigenvalue weighted by atomic mass is 9.84. The summed E-state index contributed by atoms with van der Waals surface area (Å²) >= 11 is 0.